The topological polar surface area (TPSA) is 9.23 Å². The average Bonchev–Trinajstić information content (AvgIpc) is 3.79. The highest BCUT2D eigenvalue weighted by molar-refractivity contribution is 7.27. The van der Waals surface area contributed by atoms with E-state index in [0.29, 0.717) is 0 Å². The van der Waals surface area contributed by atoms with Gasteiger partial charge in [0.25, 0.3) is 0 Å². The first kappa shape index (κ1) is 24.5. The zero-order valence-corrected chi connectivity index (χ0v) is 25.2. The van der Waals surface area contributed by atoms with Crippen LogP contribution in [0.15, 0.2) is 146 Å². The van der Waals surface area contributed by atoms with Gasteiger partial charge in [-0.3, -0.25) is 0 Å². The van der Waals surface area contributed by atoms with Crippen molar-refractivity contribution in [3.8, 4) is 43.5 Å². The molecule has 3 heteroatoms. The first-order chi connectivity index (χ1) is 21.8. The average molecular weight is 597 g/mol. The summed E-state index contributed by atoms with van der Waals surface area (Å²) in [6.07, 6.45) is 0. The molecule has 3 heterocycles. The summed E-state index contributed by atoms with van der Waals surface area (Å²) in [6.45, 7) is 0. The minimum atomic E-state index is -0.423. The number of thiophene rings is 2. The van der Waals surface area contributed by atoms with Crippen LogP contribution in [0.25, 0.3) is 52.2 Å². The van der Waals surface area contributed by atoms with Crippen molar-refractivity contribution in [3.63, 3.8) is 0 Å². The van der Waals surface area contributed by atoms with Gasteiger partial charge in [-0.15, -0.1) is 22.7 Å². The van der Waals surface area contributed by atoms with E-state index in [1.54, 1.807) is 0 Å². The molecular formula is C41H24OS2. The Morgan fingerprint density at radius 3 is 1.91 bits per heavy atom. The highest BCUT2D eigenvalue weighted by atomic mass is 32.1. The van der Waals surface area contributed by atoms with Crippen LogP contribution in [-0.2, 0) is 5.41 Å². The predicted octanol–water partition coefficient (Wildman–Crippen LogP) is 11.9. The lowest BCUT2D eigenvalue weighted by Crippen LogP contribution is -2.32. The molecule has 6 aromatic carbocycles. The fourth-order valence-electron chi connectivity index (χ4n) is 7.59. The Hall–Kier alpha value is -4.96. The second-order valence-corrected chi connectivity index (χ2v) is 13.7. The summed E-state index contributed by atoms with van der Waals surface area (Å²) in [5.74, 6) is 1.85. The van der Waals surface area contributed by atoms with Crippen LogP contribution < -0.4 is 4.74 Å². The quantitative estimate of drug-likeness (QED) is 0.193. The molecule has 8 aromatic rings. The number of hydrogen-bond acceptors (Lipinski definition) is 3. The maximum Gasteiger partial charge on any atom is 0.132 e. The van der Waals surface area contributed by atoms with Crippen LogP contribution in [0.2, 0.25) is 0 Å². The molecule has 10 rings (SSSR count). The molecule has 0 amide bonds. The minimum absolute atomic E-state index is 0.423. The van der Waals surface area contributed by atoms with Crippen LogP contribution in [0, 0.1) is 0 Å². The summed E-state index contributed by atoms with van der Waals surface area (Å²) in [5.41, 5.74) is 9.70. The smallest absolute Gasteiger partial charge is 0.132 e. The van der Waals surface area contributed by atoms with Crippen molar-refractivity contribution in [1.29, 1.82) is 0 Å². The van der Waals surface area contributed by atoms with E-state index in [0.717, 1.165) is 11.5 Å². The van der Waals surface area contributed by atoms with Gasteiger partial charge >= 0.3 is 0 Å². The van der Waals surface area contributed by atoms with Gasteiger partial charge in [-0.2, -0.15) is 0 Å². The van der Waals surface area contributed by atoms with Gasteiger partial charge in [-0.25, -0.2) is 0 Å². The molecule has 0 bridgehead atoms. The summed E-state index contributed by atoms with van der Waals surface area (Å²) in [6, 6.07) is 53.2. The number of ether oxygens (including phenoxy) is 1. The molecule has 0 atom stereocenters. The molecule has 0 fully saturated rings. The van der Waals surface area contributed by atoms with Crippen molar-refractivity contribution in [2.45, 2.75) is 5.41 Å². The largest absolute Gasteiger partial charge is 0.457 e. The lowest BCUT2D eigenvalue weighted by atomic mass is 9.66. The molecular weight excluding hydrogens is 573 g/mol. The second-order valence-electron chi connectivity index (χ2n) is 11.6. The highest BCUT2D eigenvalue weighted by Gasteiger charge is 2.50. The number of hydrogen-bond donors (Lipinski definition) is 0. The third-order valence-electron chi connectivity index (χ3n) is 9.41. The molecule has 0 N–H and O–H groups in total. The van der Waals surface area contributed by atoms with E-state index >= 15 is 0 Å². The van der Waals surface area contributed by atoms with Crippen LogP contribution in [0.1, 0.15) is 22.3 Å². The van der Waals surface area contributed by atoms with Gasteiger partial charge in [-0.1, -0.05) is 115 Å². The lowest BCUT2D eigenvalue weighted by molar-refractivity contribution is 0.436. The highest BCUT2D eigenvalue weighted by Crippen LogP contribution is 2.62. The van der Waals surface area contributed by atoms with E-state index in [-0.39, 0.29) is 0 Å². The van der Waals surface area contributed by atoms with Crippen molar-refractivity contribution >= 4 is 42.8 Å². The van der Waals surface area contributed by atoms with Gasteiger partial charge < -0.3 is 4.74 Å². The summed E-state index contributed by atoms with van der Waals surface area (Å²) >= 11 is 3.74. The molecule has 0 unspecified atom stereocenters. The summed E-state index contributed by atoms with van der Waals surface area (Å²) in [7, 11) is 0. The number of para-hydroxylation sites is 1. The van der Waals surface area contributed by atoms with Crippen LogP contribution in [-0.4, -0.2) is 0 Å². The fraction of sp³-hybridized carbons (Fsp3) is 0.0244. The van der Waals surface area contributed by atoms with Gasteiger partial charge in [-0.05, 0) is 58.1 Å². The van der Waals surface area contributed by atoms with Crippen LogP contribution >= 0.6 is 22.7 Å². The zero-order valence-electron chi connectivity index (χ0n) is 23.6. The Bertz CT molecular complexity index is 2400. The number of fused-ring (bicyclic) bond motifs is 12. The van der Waals surface area contributed by atoms with E-state index < -0.39 is 5.41 Å². The zero-order chi connectivity index (χ0) is 28.8. The number of rotatable bonds is 2. The molecule has 0 saturated carbocycles. The van der Waals surface area contributed by atoms with E-state index in [9.17, 15) is 0 Å². The molecule has 1 aliphatic heterocycles. The molecule has 1 spiro atoms. The first-order valence-electron chi connectivity index (χ1n) is 14.9. The third kappa shape index (κ3) is 3.18. The Kier molecular flexibility index (Phi) is 5.02. The summed E-state index contributed by atoms with van der Waals surface area (Å²) in [4.78, 5) is 2.53. The van der Waals surface area contributed by atoms with Crippen molar-refractivity contribution in [1.82, 2.24) is 0 Å². The first-order valence-corrected chi connectivity index (χ1v) is 16.6. The molecule has 206 valence electrons. The van der Waals surface area contributed by atoms with Crippen LogP contribution in [0.5, 0.6) is 11.5 Å². The minimum Gasteiger partial charge on any atom is -0.457 e. The molecule has 0 radical (unpaired) electrons. The summed E-state index contributed by atoms with van der Waals surface area (Å²) in [5, 5.41) is 2.67. The van der Waals surface area contributed by atoms with Crippen molar-refractivity contribution < 1.29 is 4.74 Å². The molecule has 1 nitrogen and oxygen atoms in total. The molecule has 44 heavy (non-hydrogen) atoms. The molecule has 2 aliphatic rings. The van der Waals surface area contributed by atoms with Crippen LogP contribution in [0.3, 0.4) is 0 Å². The van der Waals surface area contributed by atoms with E-state index in [4.69, 9.17) is 4.74 Å². The lowest BCUT2D eigenvalue weighted by Gasteiger charge is -2.39. The van der Waals surface area contributed by atoms with Gasteiger partial charge in [0.2, 0.25) is 0 Å². The predicted molar refractivity (Wildman–Crippen MR) is 185 cm³/mol. The molecule has 0 saturated heterocycles. The van der Waals surface area contributed by atoms with E-state index in [1.807, 2.05) is 22.7 Å². The van der Waals surface area contributed by atoms with Crippen molar-refractivity contribution in [2.75, 3.05) is 0 Å². The third-order valence-corrected chi connectivity index (χ3v) is 11.8. The maximum atomic E-state index is 6.75. The number of benzene rings is 6. The van der Waals surface area contributed by atoms with Gasteiger partial charge in [0, 0.05) is 46.6 Å². The monoisotopic (exact) mass is 596 g/mol. The van der Waals surface area contributed by atoms with Crippen molar-refractivity contribution in [2.24, 2.45) is 0 Å². The Morgan fingerprint density at radius 2 is 1.07 bits per heavy atom. The summed E-state index contributed by atoms with van der Waals surface area (Å²) < 4.78 is 9.44. The van der Waals surface area contributed by atoms with Gasteiger partial charge in [0.1, 0.15) is 11.5 Å². The van der Waals surface area contributed by atoms with E-state index in [2.05, 4.69) is 146 Å². The second kappa shape index (κ2) is 9.03. The normalized spacial score (nSPS) is 13.8. The standard InChI is InChI=1S/C41H24OS2/c1-4-15-31-26(10-1)27-11-2-5-16-32(27)41(31)33-17-6-7-18-35(33)42-36-24-25(20-21-34(36)41)37-22-23-39(43-37)30-14-9-13-29-28-12-3-8-19-38(28)44-40(29)30/h1-24H. The van der Waals surface area contributed by atoms with E-state index in [1.165, 1.54) is 74.4 Å². The maximum absolute atomic E-state index is 6.75. The Labute approximate surface area is 263 Å². The Balaban J connectivity index is 1.15. The van der Waals surface area contributed by atoms with Gasteiger partial charge in [0.15, 0.2) is 0 Å². The molecule has 2 aromatic heterocycles. The SMILES string of the molecule is c1ccc2c(c1)Oc1cc(-c3ccc(-c4cccc5c4sc4ccccc45)s3)ccc1C21c2ccccc2-c2ccccc21. The Morgan fingerprint density at radius 1 is 0.432 bits per heavy atom. The van der Waals surface area contributed by atoms with Gasteiger partial charge in [0.05, 0.1) is 5.41 Å². The fourth-order valence-corrected chi connectivity index (χ4v) is 9.92. The molecule has 1 aliphatic carbocycles. The van der Waals surface area contributed by atoms with Crippen LogP contribution in [0.4, 0.5) is 0 Å². The van der Waals surface area contributed by atoms with Crippen molar-refractivity contribution in [3.05, 3.63) is 168 Å².